The van der Waals surface area contributed by atoms with E-state index in [1.165, 1.54) is 4.90 Å². The van der Waals surface area contributed by atoms with Gasteiger partial charge in [-0.2, -0.15) is 5.26 Å². The molecule has 0 radical (unpaired) electrons. The van der Waals surface area contributed by atoms with Crippen molar-refractivity contribution >= 4 is 11.8 Å². The molecule has 0 saturated carbocycles. The van der Waals surface area contributed by atoms with E-state index in [1.54, 1.807) is 13.2 Å². The van der Waals surface area contributed by atoms with Gasteiger partial charge in [-0.1, -0.05) is 0 Å². The molecule has 17 heavy (non-hydrogen) atoms. The number of piperidine rings is 1. The fraction of sp³-hybridized carbons (Fsp3) is 0.727. The normalized spacial score (nSPS) is 19.5. The van der Waals surface area contributed by atoms with Crippen LogP contribution in [0.1, 0.15) is 12.8 Å². The number of nitrogens with zero attached hydrogens (tertiary/aromatic N) is 2. The Morgan fingerprint density at radius 3 is 3.00 bits per heavy atom. The van der Waals surface area contributed by atoms with Crippen molar-refractivity contribution in [2.24, 2.45) is 5.92 Å². The van der Waals surface area contributed by atoms with Crippen LogP contribution in [0.2, 0.25) is 0 Å². The number of rotatable bonds is 3. The van der Waals surface area contributed by atoms with E-state index >= 15 is 0 Å². The highest BCUT2D eigenvalue weighted by Gasteiger charge is 2.27. The summed E-state index contributed by atoms with van der Waals surface area (Å²) in [4.78, 5) is 24.6. The smallest absolute Gasteiger partial charge is 0.311 e. The second-order valence-corrected chi connectivity index (χ2v) is 4.06. The van der Waals surface area contributed by atoms with Crippen LogP contribution in [0.15, 0.2) is 0 Å². The minimum absolute atomic E-state index is 0.139. The summed E-state index contributed by atoms with van der Waals surface area (Å²) in [6, 6.07) is 1.76. The molecule has 1 aliphatic rings. The molecule has 1 saturated heterocycles. The van der Waals surface area contributed by atoms with Crippen LogP contribution in [0.5, 0.6) is 0 Å². The fourth-order valence-electron chi connectivity index (χ4n) is 1.96. The van der Waals surface area contributed by atoms with Crippen LogP contribution in [0.25, 0.3) is 0 Å². The van der Waals surface area contributed by atoms with Crippen molar-refractivity contribution in [2.75, 3.05) is 33.4 Å². The third-order valence-electron chi connectivity index (χ3n) is 2.73. The van der Waals surface area contributed by atoms with Gasteiger partial charge in [-0.3, -0.25) is 9.59 Å². The zero-order chi connectivity index (χ0) is 12.7. The number of nitrogens with one attached hydrogen (secondary N) is 1. The van der Waals surface area contributed by atoms with Gasteiger partial charge in [0.25, 0.3) is 0 Å². The molecular formula is C11H17N3O3. The van der Waals surface area contributed by atoms with Crippen molar-refractivity contribution < 1.29 is 14.3 Å². The van der Waals surface area contributed by atoms with Crippen molar-refractivity contribution in [3.8, 4) is 6.07 Å². The first-order valence-electron chi connectivity index (χ1n) is 5.62. The van der Waals surface area contributed by atoms with E-state index in [9.17, 15) is 9.59 Å². The molecule has 6 nitrogen and oxygen atoms in total. The lowest BCUT2D eigenvalue weighted by Crippen LogP contribution is -2.48. The zero-order valence-electron chi connectivity index (χ0n) is 9.94. The number of methoxy groups -OCH3 is 1. The molecule has 1 aliphatic heterocycles. The molecule has 0 spiro atoms. The van der Waals surface area contributed by atoms with E-state index in [0.29, 0.717) is 25.6 Å². The number of carbonyl (C=O) groups is 2. The van der Waals surface area contributed by atoms with Crippen LogP contribution in [-0.2, 0) is 14.3 Å². The van der Waals surface area contributed by atoms with Gasteiger partial charge in [-0.25, -0.2) is 0 Å². The second-order valence-electron chi connectivity index (χ2n) is 4.06. The van der Waals surface area contributed by atoms with E-state index in [-0.39, 0.29) is 6.54 Å². The first kappa shape index (κ1) is 13.5. The van der Waals surface area contributed by atoms with Gasteiger partial charge in [0.1, 0.15) is 6.54 Å². The van der Waals surface area contributed by atoms with E-state index in [1.807, 2.05) is 0 Å². The Morgan fingerprint density at radius 2 is 2.35 bits per heavy atom. The van der Waals surface area contributed by atoms with Crippen LogP contribution in [-0.4, -0.2) is 50.1 Å². The van der Waals surface area contributed by atoms with Gasteiger partial charge in [-0.15, -0.1) is 0 Å². The molecule has 0 bridgehead atoms. The standard InChI is InChI=1S/C11H17N3O3/c1-17-8-9-3-2-6-14(7-9)11(16)10(15)13-5-4-12/h9H,2-3,5-8H2,1H3,(H,13,15). The van der Waals surface area contributed by atoms with Gasteiger partial charge in [0.05, 0.1) is 12.7 Å². The maximum absolute atomic E-state index is 11.7. The maximum atomic E-state index is 11.7. The summed E-state index contributed by atoms with van der Waals surface area (Å²) in [6.45, 7) is 1.61. The van der Waals surface area contributed by atoms with Crippen molar-refractivity contribution in [3.05, 3.63) is 0 Å². The van der Waals surface area contributed by atoms with Gasteiger partial charge in [0.15, 0.2) is 0 Å². The number of hydrogen-bond acceptors (Lipinski definition) is 4. The van der Waals surface area contributed by atoms with Crippen LogP contribution >= 0.6 is 0 Å². The van der Waals surface area contributed by atoms with E-state index < -0.39 is 11.8 Å². The van der Waals surface area contributed by atoms with Gasteiger partial charge >= 0.3 is 11.8 Å². The first-order valence-corrected chi connectivity index (χ1v) is 5.62. The van der Waals surface area contributed by atoms with Crippen molar-refractivity contribution in [3.63, 3.8) is 0 Å². The summed E-state index contributed by atoms with van der Waals surface area (Å²) >= 11 is 0. The Bertz CT molecular complexity index is 322. The number of amides is 2. The van der Waals surface area contributed by atoms with E-state index in [0.717, 1.165) is 12.8 Å². The zero-order valence-corrected chi connectivity index (χ0v) is 9.94. The van der Waals surface area contributed by atoms with Crippen molar-refractivity contribution in [2.45, 2.75) is 12.8 Å². The number of likely N-dealkylation sites (tertiary alicyclic amines) is 1. The maximum Gasteiger partial charge on any atom is 0.311 e. The number of ether oxygens (including phenoxy) is 1. The van der Waals surface area contributed by atoms with Gasteiger partial charge < -0.3 is 15.0 Å². The molecule has 6 heteroatoms. The molecule has 94 valence electrons. The highest BCUT2D eigenvalue weighted by Crippen LogP contribution is 2.16. The molecule has 2 amide bonds. The molecule has 1 fully saturated rings. The molecule has 1 rings (SSSR count). The summed E-state index contributed by atoms with van der Waals surface area (Å²) in [5.74, 6) is -0.966. The van der Waals surface area contributed by atoms with E-state index in [4.69, 9.17) is 10.00 Å². The number of hydrogen-bond donors (Lipinski definition) is 1. The fourth-order valence-corrected chi connectivity index (χ4v) is 1.96. The lowest BCUT2D eigenvalue weighted by Gasteiger charge is -2.31. The highest BCUT2D eigenvalue weighted by molar-refractivity contribution is 6.35. The average molecular weight is 239 g/mol. The first-order chi connectivity index (χ1) is 8.19. The molecule has 1 N–H and O–H groups in total. The third kappa shape index (κ3) is 4.04. The van der Waals surface area contributed by atoms with Gasteiger partial charge in [0.2, 0.25) is 0 Å². The van der Waals surface area contributed by atoms with Crippen LogP contribution in [0.3, 0.4) is 0 Å². The molecule has 0 aliphatic carbocycles. The number of nitriles is 1. The summed E-state index contributed by atoms with van der Waals surface area (Å²) in [7, 11) is 1.63. The SMILES string of the molecule is COCC1CCCN(C(=O)C(=O)NCC#N)C1. The summed E-state index contributed by atoms with van der Waals surface area (Å²) < 4.78 is 5.05. The Kier molecular flexibility index (Phi) is 5.43. The highest BCUT2D eigenvalue weighted by atomic mass is 16.5. The van der Waals surface area contributed by atoms with Crippen LogP contribution in [0, 0.1) is 17.2 Å². The Hall–Kier alpha value is -1.61. The van der Waals surface area contributed by atoms with Crippen molar-refractivity contribution in [1.82, 2.24) is 10.2 Å². The summed E-state index contributed by atoms with van der Waals surface area (Å²) in [5.41, 5.74) is 0. The minimum Gasteiger partial charge on any atom is -0.384 e. The van der Waals surface area contributed by atoms with Crippen LogP contribution < -0.4 is 5.32 Å². The molecule has 1 unspecified atom stereocenters. The van der Waals surface area contributed by atoms with E-state index in [2.05, 4.69) is 5.32 Å². The molecule has 0 aromatic heterocycles. The molecule has 1 atom stereocenters. The Morgan fingerprint density at radius 1 is 1.59 bits per heavy atom. The lowest BCUT2D eigenvalue weighted by molar-refractivity contribution is -0.147. The summed E-state index contributed by atoms with van der Waals surface area (Å²) in [6.07, 6.45) is 1.89. The molecule has 0 aromatic rings. The largest absolute Gasteiger partial charge is 0.384 e. The van der Waals surface area contributed by atoms with Gasteiger partial charge in [-0.05, 0) is 18.8 Å². The Labute approximate surface area is 101 Å². The Balaban J connectivity index is 2.46. The average Bonchev–Trinajstić information content (AvgIpc) is 2.35. The second kappa shape index (κ2) is 6.86. The van der Waals surface area contributed by atoms with Crippen LogP contribution in [0.4, 0.5) is 0 Å². The topological polar surface area (TPSA) is 82.4 Å². The quantitative estimate of drug-likeness (QED) is 0.532. The predicted octanol–water partition coefficient (Wildman–Crippen LogP) is -0.489. The molecule has 1 heterocycles. The molecule has 0 aromatic carbocycles. The number of carbonyl (C=O) groups excluding carboxylic acids is 2. The summed E-state index contributed by atoms with van der Waals surface area (Å²) in [5, 5.41) is 10.6. The van der Waals surface area contributed by atoms with Crippen molar-refractivity contribution in [1.29, 1.82) is 5.26 Å². The van der Waals surface area contributed by atoms with Gasteiger partial charge in [0, 0.05) is 20.2 Å². The predicted molar refractivity (Wildman–Crippen MR) is 59.8 cm³/mol. The molecular weight excluding hydrogens is 222 g/mol. The monoisotopic (exact) mass is 239 g/mol. The lowest BCUT2D eigenvalue weighted by atomic mass is 9.99. The minimum atomic E-state index is -0.704. The third-order valence-corrected chi connectivity index (χ3v) is 2.73.